The summed E-state index contributed by atoms with van der Waals surface area (Å²) in [6.07, 6.45) is 1.49. The Morgan fingerprint density at radius 1 is 1.10 bits per heavy atom. The van der Waals surface area contributed by atoms with E-state index in [1.165, 1.54) is 0 Å². The molecule has 2 heterocycles. The highest BCUT2D eigenvalue weighted by Gasteiger charge is 2.18. The molecule has 1 N–H and O–H groups in total. The molecule has 9 heteroatoms. The molecule has 0 aliphatic carbocycles. The van der Waals surface area contributed by atoms with Crippen LogP contribution in [0.3, 0.4) is 0 Å². The first-order valence-electron chi connectivity index (χ1n) is 10.0. The Hall–Kier alpha value is -2.52. The van der Waals surface area contributed by atoms with Gasteiger partial charge in [-0.15, -0.1) is 11.3 Å². The van der Waals surface area contributed by atoms with Crippen molar-refractivity contribution in [1.29, 1.82) is 0 Å². The fourth-order valence-electron chi connectivity index (χ4n) is 3.51. The van der Waals surface area contributed by atoms with E-state index in [0.717, 1.165) is 50.0 Å². The molecule has 0 spiro atoms. The normalized spacial score (nSPS) is 14.9. The molecule has 8 nitrogen and oxygen atoms in total. The lowest BCUT2D eigenvalue weighted by atomic mass is 10.2. The first kappa shape index (κ1) is 22.2. The fraction of sp³-hybridized carbons (Fsp3) is 0.524. The molecule has 0 saturated carbocycles. The number of methoxy groups -OCH3 is 3. The number of aryl methyl sites for hydroxylation is 1. The van der Waals surface area contributed by atoms with Crippen molar-refractivity contribution in [1.82, 2.24) is 9.88 Å². The quantitative estimate of drug-likeness (QED) is 0.684. The molecule has 3 rings (SSSR count). The van der Waals surface area contributed by atoms with Crippen LogP contribution in [0, 0.1) is 6.92 Å². The minimum atomic E-state index is -0.0408. The van der Waals surface area contributed by atoms with Crippen LogP contribution in [-0.2, 0) is 4.79 Å². The lowest BCUT2D eigenvalue weighted by molar-refractivity contribution is -0.116. The maximum atomic E-state index is 12.5. The van der Waals surface area contributed by atoms with Gasteiger partial charge >= 0.3 is 0 Å². The van der Waals surface area contributed by atoms with E-state index in [4.69, 9.17) is 14.2 Å². The minimum Gasteiger partial charge on any atom is -0.493 e. The number of nitrogens with one attached hydrogen (secondary N) is 1. The summed E-state index contributed by atoms with van der Waals surface area (Å²) < 4.78 is 16.0. The molecule has 1 saturated heterocycles. The van der Waals surface area contributed by atoms with Gasteiger partial charge in [-0.05, 0) is 19.9 Å². The van der Waals surface area contributed by atoms with Gasteiger partial charge in [-0.2, -0.15) is 0 Å². The smallest absolute Gasteiger partial charge is 0.225 e. The molecule has 0 unspecified atom stereocenters. The van der Waals surface area contributed by atoms with Crippen molar-refractivity contribution in [2.24, 2.45) is 0 Å². The van der Waals surface area contributed by atoms with Crippen LogP contribution < -0.4 is 24.4 Å². The summed E-state index contributed by atoms with van der Waals surface area (Å²) in [4.78, 5) is 21.8. The SMILES string of the molecule is COc1cc(NC(=O)CCN2CCCN(c3nc(C)cs3)CC2)cc(OC)c1OC. The van der Waals surface area contributed by atoms with Gasteiger partial charge in [0.1, 0.15) is 0 Å². The van der Waals surface area contributed by atoms with Crippen LogP contribution in [0.15, 0.2) is 17.5 Å². The van der Waals surface area contributed by atoms with Crippen LogP contribution in [0.1, 0.15) is 18.5 Å². The molecule has 0 atom stereocenters. The zero-order valence-electron chi connectivity index (χ0n) is 18.1. The largest absolute Gasteiger partial charge is 0.493 e. The number of amides is 1. The van der Waals surface area contributed by atoms with E-state index in [2.05, 4.69) is 25.5 Å². The average Bonchev–Trinajstić information content (AvgIpc) is 3.04. The highest BCUT2D eigenvalue weighted by molar-refractivity contribution is 7.13. The van der Waals surface area contributed by atoms with Gasteiger partial charge in [-0.25, -0.2) is 4.98 Å². The molecule has 0 bridgehead atoms. The Balaban J connectivity index is 1.52. The van der Waals surface area contributed by atoms with E-state index in [-0.39, 0.29) is 5.91 Å². The van der Waals surface area contributed by atoms with Gasteiger partial charge < -0.3 is 29.3 Å². The van der Waals surface area contributed by atoms with Crippen molar-refractivity contribution in [2.75, 3.05) is 64.3 Å². The van der Waals surface area contributed by atoms with Crippen molar-refractivity contribution in [3.63, 3.8) is 0 Å². The topological polar surface area (TPSA) is 76.2 Å². The summed E-state index contributed by atoms with van der Waals surface area (Å²) in [7, 11) is 4.66. The van der Waals surface area contributed by atoms with Crippen molar-refractivity contribution in [3.8, 4) is 17.2 Å². The van der Waals surface area contributed by atoms with Crippen molar-refractivity contribution in [3.05, 3.63) is 23.2 Å². The number of rotatable bonds is 8. The predicted molar refractivity (Wildman–Crippen MR) is 119 cm³/mol. The van der Waals surface area contributed by atoms with E-state index in [1.807, 2.05) is 6.92 Å². The first-order valence-corrected chi connectivity index (χ1v) is 10.9. The Morgan fingerprint density at radius 3 is 2.43 bits per heavy atom. The zero-order chi connectivity index (χ0) is 21.5. The molecule has 164 valence electrons. The summed E-state index contributed by atoms with van der Waals surface area (Å²) in [6.45, 7) is 6.59. The summed E-state index contributed by atoms with van der Waals surface area (Å²) in [5, 5.41) is 6.12. The molecule has 0 radical (unpaired) electrons. The van der Waals surface area contributed by atoms with Gasteiger partial charge in [-0.1, -0.05) is 0 Å². The van der Waals surface area contributed by atoms with Gasteiger partial charge in [0.25, 0.3) is 0 Å². The molecule has 1 amide bonds. The standard InChI is InChI=1S/C21H30N4O4S/c1-15-14-30-21(22-15)25-8-5-7-24(10-11-25)9-6-19(26)23-16-12-17(27-2)20(29-4)18(13-16)28-3/h12-14H,5-11H2,1-4H3,(H,23,26). The summed E-state index contributed by atoms with van der Waals surface area (Å²) in [6, 6.07) is 3.47. The third-order valence-corrected chi connectivity index (χ3v) is 6.09. The first-order chi connectivity index (χ1) is 14.5. The number of hydrogen-bond acceptors (Lipinski definition) is 8. The van der Waals surface area contributed by atoms with Crippen molar-refractivity contribution >= 4 is 28.1 Å². The molecule has 1 aromatic heterocycles. The number of anilines is 2. The summed E-state index contributed by atoms with van der Waals surface area (Å²) in [5.74, 6) is 1.48. The van der Waals surface area contributed by atoms with Crippen LogP contribution in [0.4, 0.5) is 10.8 Å². The number of hydrogen-bond donors (Lipinski definition) is 1. The minimum absolute atomic E-state index is 0.0408. The zero-order valence-corrected chi connectivity index (χ0v) is 18.9. The fourth-order valence-corrected chi connectivity index (χ4v) is 4.37. The number of benzene rings is 1. The Morgan fingerprint density at radius 2 is 1.83 bits per heavy atom. The number of carbonyl (C=O) groups excluding carboxylic acids is 1. The predicted octanol–water partition coefficient (Wildman–Crippen LogP) is 3.02. The number of nitrogens with zero attached hydrogens (tertiary/aromatic N) is 3. The summed E-state index contributed by atoms with van der Waals surface area (Å²) in [5.41, 5.74) is 1.69. The lowest BCUT2D eigenvalue weighted by Crippen LogP contribution is -2.32. The third-order valence-electron chi connectivity index (χ3n) is 5.07. The molecule has 1 aliphatic rings. The highest BCUT2D eigenvalue weighted by Crippen LogP contribution is 2.39. The van der Waals surface area contributed by atoms with Crippen LogP contribution in [0.2, 0.25) is 0 Å². The summed E-state index contributed by atoms with van der Waals surface area (Å²) >= 11 is 1.70. The van der Waals surface area contributed by atoms with Crippen LogP contribution in [0.5, 0.6) is 17.2 Å². The van der Waals surface area contributed by atoms with Gasteiger partial charge in [0, 0.05) is 55.8 Å². The van der Waals surface area contributed by atoms with E-state index in [0.29, 0.717) is 29.4 Å². The second-order valence-corrected chi connectivity index (χ2v) is 8.00. The molecular formula is C21H30N4O4S. The number of aromatic nitrogens is 1. The molecule has 1 fully saturated rings. The second-order valence-electron chi connectivity index (χ2n) is 7.17. The van der Waals surface area contributed by atoms with Crippen LogP contribution in [0.25, 0.3) is 0 Å². The monoisotopic (exact) mass is 434 g/mol. The third kappa shape index (κ3) is 5.54. The van der Waals surface area contributed by atoms with Crippen LogP contribution >= 0.6 is 11.3 Å². The van der Waals surface area contributed by atoms with Gasteiger partial charge in [-0.3, -0.25) is 4.79 Å². The molecule has 1 aliphatic heterocycles. The van der Waals surface area contributed by atoms with E-state index >= 15 is 0 Å². The molecule has 30 heavy (non-hydrogen) atoms. The molecular weight excluding hydrogens is 404 g/mol. The number of carbonyl (C=O) groups is 1. The average molecular weight is 435 g/mol. The van der Waals surface area contributed by atoms with E-state index in [1.54, 1.807) is 44.8 Å². The molecule has 1 aromatic carbocycles. The number of ether oxygens (including phenoxy) is 3. The highest BCUT2D eigenvalue weighted by atomic mass is 32.1. The molecule has 2 aromatic rings. The Kier molecular flexibility index (Phi) is 7.75. The van der Waals surface area contributed by atoms with Crippen LogP contribution in [-0.4, -0.2) is 69.8 Å². The van der Waals surface area contributed by atoms with Crippen molar-refractivity contribution < 1.29 is 19.0 Å². The number of thiazole rings is 1. The van der Waals surface area contributed by atoms with Gasteiger partial charge in [0.15, 0.2) is 16.6 Å². The maximum Gasteiger partial charge on any atom is 0.225 e. The van der Waals surface area contributed by atoms with E-state index < -0.39 is 0 Å². The van der Waals surface area contributed by atoms with Gasteiger partial charge in [0.05, 0.1) is 27.0 Å². The second kappa shape index (κ2) is 10.5. The Bertz CT molecular complexity index is 832. The maximum absolute atomic E-state index is 12.5. The van der Waals surface area contributed by atoms with Gasteiger partial charge in [0.2, 0.25) is 11.7 Å². The van der Waals surface area contributed by atoms with Crippen molar-refractivity contribution in [2.45, 2.75) is 19.8 Å². The lowest BCUT2D eigenvalue weighted by Gasteiger charge is -2.21. The van der Waals surface area contributed by atoms with E-state index in [9.17, 15) is 4.79 Å². The Labute approximate surface area is 181 Å².